The fraction of sp³-hybridized carbons (Fsp3) is 0.273. The number of halogens is 2. The molecule has 0 fully saturated rings. The van der Waals surface area contributed by atoms with Crippen LogP contribution >= 0.6 is 27.5 Å². The molecular weight excluding hydrogens is 263 g/mol. The zero-order valence-corrected chi connectivity index (χ0v) is 10.1. The van der Waals surface area contributed by atoms with Gasteiger partial charge in [0.05, 0.1) is 6.10 Å². The summed E-state index contributed by atoms with van der Waals surface area (Å²) in [6, 6.07) is 5.47. The van der Waals surface area contributed by atoms with E-state index in [1.807, 2.05) is 12.1 Å². The number of aliphatic hydroxyl groups is 1. The number of aliphatic hydroxyl groups excluding tert-OH is 1. The fourth-order valence-electron chi connectivity index (χ4n) is 1.20. The van der Waals surface area contributed by atoms with Gasteiger partial charge in [0.2, 0.25) is 0 Å². The molecule has 0 amide bonds. The molecule has 1 aromatic carbocycles. The lowest BCUT2D eigenvalue weighted by Gasteiger charge is -2.11. The SMILES string of the molecule is C=CCCC(O)c1cc(Br)ccc1Cl. The average molecular weight is 276 g/mol. The van der Waals surface area contributed by atoms with Crippen LogP contribution in [0.1, 0.15) is 24.5 Å². The van der Waals surface area contributed by atoms with Crippen molar-refractivity contribution in [2.24, 2.45) is 0 Å². The molecule has 1 nitrogen and oxygen atoms in total. The molecule has 1 atom stereocenters. The highest BCUT2D eigenvalue weighted by Crippen LogP contribution is 2.28. The van der Waals surface area contributed by atoms with Crippen LogP contribution in [-0.2, 0) is 0 Å². The molecule has 0 aliphatic rings. The predicted octanol–water partition coefficient (Wildman–Crippen LogP) is 4.10. The molecule has 0 radical (unpaired) electrons. The van der Waals surface area contributed by atoms with Crippen LogP contribution < -0.4 is 0 Å². The molecule has 1 unspecified atom stereocenters. The van der Waals surface area contributed by atoms with Crippen molar-refractivity contribution in [3.8, 4) is 0 Å². The van der Waals surface area contributed by atoms with E-state index in [1.54, 1.807) is 12.1 Å². The summed E-state index contributed by atoms with van der Waals surface area (Å²) in [4.78, 5) is 0. The van der Waals surface area contributed by atoms with Crippen LogP contribution in [0.4, 0.5) is 0 Å². The van der Waals surface area contributed by atoms with Crippen LogP contribution in [0.25, 0.3) is 0 Å². The molecule has 1 aromatic rings. The van der Waals surface area contributed by atoms with E-state index in [0.29, 0.717) is 11.4 Å². The molecule has 14 heavy (non-hydrogen) atoms. The van der Waals surface area contributed by atoms with Crippen molar-refractivity contribution in [1.29, 1.82) is 0 Å². The predicted molar refractivity (Wildman–Crippen MR) is 63.5 cm³/mol. The number of benzene rings is 1. The van der Waals surface area contributed by atoms with Crippen LogP contribution in [-0.4, -0.2) is 5.11 Å². The summed E-state index contributed by atoms with van der Waals surface area (Å²) < 4.78 is 0.926. The summed E-state index contributed by atoms with van der Waals surface area (Å²) in [7, 11) is 0. The van der Waals surface area contributed by atoms with Gasteiger partial charge in [-0.2, -0.15) is 0 Å². The Bertz CT molecular complexity index is 325. The third kappa shape index (κ3) is 3.12. The van der Waals surface area contributed by atoms with Crippen LogP contribution in [0.15, 0.2) is 35.3 Å². The number of hydrogen-bond donors (Lipinski definition) is 1. The molecule has 0 aromatic heterocycles. The number of hydrogen-bond acceptors (Lipinski definition) is 1. The normalized spacial score (nSPS) is 12.5. The van der Waals surface area contributed by atoms with Crippen LogP contribution in [0, 0.1) is 0 Å². The minimum Gasteiger partial charge on any atom is -0.388 e. The lowest BCUT2D eigenvalue weighted by atomic mass is 10.1. The van der Waals surface area contributed by atoms with Gasteiger partial charge in [-0.05, 0) is 31.0 Å². The van der Waals surface area contributed by atoms with E-state index in [1.165, 1.54) is 0 Å². The Morgan fingerprint density at radius 1 is 1.57 bits per heavy atom. The standard InChI is InChI=1S/C11H12BrClO/c1-2-3-4-11(14)9-7-8(12)5-6-10(9)13/h2,5-7,11,14H,1,3-4H2. The second kappa shape index (κ2) is 5.54. The van der Waals surface area contributed by atoms with Gasteiger partial charge >= 0.3 is 0 Å². The maximum absolute atomic E-state index is 9.80. The zero-order valence-electron chi connectivity index (χ0n) is 7.71. The van der Waals surface area contributed by atoms with Gasteiger partial charge in [0, 0.05) is 15.1 Å². The van der Waals surface area contributed by atoms with Crippen molar-refractivity contribution >= 4 is 27.5 Å². The molecule has 76 valence electrons. The molecule has 0 saturated carbocycles. The first-order valence-electron chi connectivity index (χ1n) is 4.39. The molecule has 0 spiro atoms. The zero-order chi connectivity index (χ0) is 10.6. The van der Waals surface area contributed by atoms with Gasteiger partial charge in [0.15, 0.2) is 0 Å². The van der Waals surface area contributed by atoms with Crippen molar-refractivity contribution in [3.05, 3.63) is 45.9 Å². The van der Waals surface area contributed by atoms with Gasteiger partial charge in [0.1, 0.15) is 0 Å². The van der Waals surface area contributed by atoms with Gasteiger partial charge in [-0.3, -0.25) is 0 Å². The summed E-state index contributed by atoms with van der Waals surface area (Å²) in [6.07, 6.45) is 2.71. The highest BCUT2D eigenvalue weighted by Gasteiger charge is 2.10. The van der Waals surface area contributed by atoms with Gasteiger partial charge in [-0.1, -0.05) is 33.6 Å². The van der Waals surface area contributed by atoms with Crippen molar-refractivity contribution in [3.63, 3.8) is 0 Å². The first-order chi connectivity index (χ1) is 6.65. The number of allylic oxidation sites excluding steroid dienone is 1. The van der Waals surface area contributed by atoms with Crippen LogP contribution in [0.3, 0.4) is 0 Å². The van der Waals surface area contributed by atoms with E-state index in [-0.39, 0.29) is 0 Å². The topological polar surface area (TPSA) is 20.2 Å². The highest BCUT2D eigenvalue weighted by molar-refractivity contribution is 9.10. The van der Waals surface area contributed by atoms with Crippen molar-refractivity contribution < 1.29 is 5.11 Å². The first kappa shape index (κ1) is 11.8. The maximum Gasteiger partial charge on any atom is 0.0807 e. The van der Waals surface area contributed by atoms with E-state index in [0.717, 1.165) is 16.5 Å². The maximum atomic E-state index is 9.80. The second-order valence-corrected chi connectivity index (χ2v) is 4.37. The van der Waals surface area contributed by atoms with Gasteiger partial charge in [-0.15, -0.1) is 6.58 Å². The molecule has 0 saturated heterocycles. The molecule has 0 bridgehead atoms. The molecule has 0 aliphatic heterocycles. The minimum absolute atomic E-state index is 0.516. The Balaban J connectivity index is 2.82. The van der Waals surface area contributed by atoms with E-state index in [4.69, 9.17) is 11.6 Å². The summed E-state index contributed by atoms with van der Waals surface area (Å²) in [5, 5.41) is 10.4. The first-order valence-corrected chi connectivity index (χ1v) is 5.56. The van der Waals surface area contributed by atoms with Crippen molar-refractivity contribution in [1.82, 2.24) is 0 Å². The van der Waals surface area contributed by atoms with Gasteiger partial charge in [0.25, 0.3) is 0 Å². The van der Waals surface area contributed by atoms with Crippen molar-refractivity contribution in [2.45, 2.75) is 18.9 Å². The second-order valence-electron chi connectivity index (χ2n) is 3.05. The third-order valence-corrected chi connectivity index (χ3v) is 2.80. The summed E-state index contributed by atoms with van der Waals surface area (Å²) in [6.45, 7) is 3.61. The fourth-order valence-corrected chi connectivity index (χ4v) is 1.82. The largest absolute Gasteiger partial charge is 0.388 e. The molecule has 3 heteroatoms. The van der Waals surface area contributed by atoms with Gasteiger partial charge in [-0.25, -0.2) is 0 Å². The van der Waals surface area contributed by atoms with E-state index in [9.17, 15) is 5.11 Å². The Morgan fingerprint density at radius 2 is 2.29 bits per heavy atom. The smallest absolute Gasteiger partial charge is 0.0807 e. The van der Waals surface area contributed by atoms with Crippen molar-refractivity contribution in [2.75, 3.05) is 0 Å². The summed E-state index contributed by atoms with van der Waals surface area (Å²) in [5.74, 6) is 0. The Kier molecular flexibility index (Phi) is 4.66. The van der Waals surface area contributed by atoms with E-state index >= 15 is 0 Å². The monoisotopic (exact) mass is 274 g/mol. The quantitative estimate of drug-likeness (QED) is 0.820. The van der Waals surface area contributed by atoms with E-state index < -0.39 is 6.10 Å². The Labute approximate surface area is 97.5 Å². The Morgan fingerprint density at radius 3 is 2.93 bits per heavy atom. The molecule has 1 N–H and O–H groups in total. The summed E-state index contributed by atoms with van der Waals surface area (Å²) >= 11 is 9.31. The summed E-state index contributed by atoms with van der Waals surface area (Å²) in [5.41, 5.74) is 0.767. The molecule has 1 rings (SSSR count). The molecular formula is C11H12BrClO. The number of rotatable bonds is 4. The van der Waals surface area contributed by atoms with Gasteiger partial charge < -0.3 is 5.11 Å². The van der Waals surface area contributed by atoms with E-state index in [2.05, 4.69) is 22.5 Å². The molecule has 0 heterocycles. The van der Waals surface area contributed by atoms with Crippen LogP contribution in [0.2, 0.25) is 5.02 Å². The lowest BCUT2D eigenvalue weighted by molar-refractivity contribution is 0.169. The minimum atomic E-state index is -0.516. The third-order valence-electron chi connectivity index (χ3n) is 1.96. The Hall–Kier alpha value is -0.310. The highest BCUT2D eigenvalue weighted by atomic mass is 79.9. The van der Waals surface area contributed by atoms with Crippen LogP contribution in [0.5, 0.6) is 0 Å². The molecule has 0 aliphatic carbocycles. The average Bonchev–Trinajstić information content (AvgIpc) is 2.18. The lowest BCUT2D eigenvalue weighted by Crippen LogP contribution is -1.97.